The maximum absolute atomic E-state index is 9.26. The van der Waals surface area contributed by atoms with Gasteiger partial charge in [-0.2, -0.15) is 0 Å². The minimum Gasteiger partial charge on any atom is -0.393 e. The minimum atomic E-state index is -0.300. The SMILES string of the molecule is C[C@H](O)Cc1cc2cc(Br)ccc2[nH]1. The molecule has 3 heteroatoms. The Morgan fingerprint density at radius 2 is 2.21 bits per heavy atom. The number of nitrogens with one attached hydrogen (secondary N) is 1. The molecule has 0 saturated carbocycles. The molecular weight excluding hydrogens is 242 g/mol. The first-order valence-corrected chi connectivity index (χ1v) is 5.39. The Balaban J connectivity index is 2.41. The van der Waals surface area contributed by atoms with E-state index in [-0.39, 0.29) is 6.10 Å². The van der Waals surface area contributed by atoms with Gasteiger partial charge in [-0.1, -0.05) is 15.9 Å². The van der Waals surface area contributed by atoms with Crippen LogP contribution in [0.4, 0.5) is 0 Å². The maximum atomic E-state index is 9.26. The fourth-order valence-corrected chi connectivity index (χ4v) is 1.97. The van der Waals surface area contributed by atoms with Crippen LogP contribution in [-0.2, 0) is 6.42 Å². The van der Waals surface area contributed by atoms with Crippen molar-refractivity contribution in [2.45, 2.75) is 19.4 Å². The van der Waals surface area contributed by atoms with Gasteiger partial charge in [0.1, 0.15) is 0 Å². The number of H-pyrrole nitrogens is 1. The van der Waals surface area contributed by atoms with Gasteiger partial charge in [-0.15, -0.1) is 0 Å². The van der Waals surface area contributed by atoms with Gasteiger partial charge in [0.2, 0.25) is 0 Å². The van der Waals surface area contributed by atoms with Crippen LogP contribution in [0.15, 0.2) is 28.7 Å². The molecule has 14 heavy (non-hydrogen) atoms. The van der Waals surface area contributed by atoms with Crippen molar-refractivity contribution >= 4 is 26.8 Å². The van der Waals surface area contributed by atoms with Gasteiger partial charge in [-0.25, -0.2) is 0 Å². The molecule has 0 bridgehead atoms. The van der Waals surface area contributed by atoms with Crippen LogP contribution in [0.25, 0.3) is 10.9 Å². The summed E-state index contributed by atoms with van der Waals surface area (Å²) in [6.07, 6.45) is 0.373. The van der Waals surface area contributed by atoms with Crippen molar-refractivity contribution in [3.05, 3.63) is 34.4 Å². The average molecular weight is 254 g/mol. The summed E-state index contributed by atoms with van der Waals surface area (Å²) in [6, 6.07) is 8.18. The lowest BCUT2D eigenvalue weighted by Crippen LogP contribution is -2.03. The van der Waals surface area contributed by atoms with Gasteiger partial charge in [-0.05, 0) is 31.2 Å². The highest BCUT2D eigenvalue weighted by molar-refractivity contribution is 9.10. The molecule has 0 radical (unpaired) electrons. The summed E-state index contributed by atoms with van der Waals surface area (Å²) in [5.41, 5.74) is 2.19. The molecule has 74 valence electrons. The minimum absolute atomic E-state index is 0.300. The first-order chi connectivity index (χ1) is 6.65. The number of halogens is 1. The highest BCUT2D eigenvalue weighted by atomic mass is 79.9. The van der Waals surface area contributed by atoms with E-state index in [1.165, 1.54) is 5.39 Å². The van der Waals surface area contributed by atoms with Gasteiger partial charge < -0.3 is 10.1 Å². The Morgan fingerprint density at radius 1 is 1.43 bits per heavy atom. The molecule has 1 aromatic heterocycles. The molecule has 1 heterocycles. The van der Waals surface area contributed by atoms with Crippen molar-refractivity contribution in [3.8, 4) is 0 Å². The van der Waals surface area contributed by atoms with E-state index in [1.54, 1.807) is 6.92 Å². The summed E-state index contributed by atoms with van der Waals surface area (Å²) in [4.78, 5) is 3.27. The molecule has 2 nitrogen and oxygen atoms in total. The lowest BCUT2D eigenvalue weighted by molar-refractivity contribution is 0.194. The number of rotatable bonds is 2. The Kier molecular flexibility index (Phi) is 2.61. The predicted octanol–water partition coefficient (Wildman–Crippen LogP) is 2.85. The fourth-order valence-electron chi connectivity index (χ4n) is 1.59. The monoisotopic (exact) mass is 253 g/mol. The second kappa shape index (κ2) is 3.75. The van der Waals surface area contributed by atoms with E-state index in [0.717, 1.165) is 15.7 Å². The van der Waals surface area contributed by atoms with Crippen LogP contribution in [0.3, 0.4) is 0 Å². The fraction of sp³-hybridized carbons (Fsp3) is 0.273. The van der Waals surface area contributed by atoms with Gasteiger partial charge in [0.25, 0.3) is 0 Å². The molecule has 2 N–H and O–H groups in total. The Hall–Kier alpha value is -0.800. The summed E-state index contributed by atoms with van der Waals surface area (Å²) in [5.74, 6) is 0. The van der Waals surface area contributed by atoms with Crippen LogP contribution >= 0.6 is 15.9 Å². The molecule has 0 spiro atoms. The van der Waals surface area contributed by atoms with Gasteiger partial charge >= 0.3 is 0 Å². The molecular formula is C11H12BrNO. The summed E-state index contributed by atoms with van der Waals surface area (Å²) < 4.78 is 1.08. The first-order valence-electron chi connectivity index (χ1n) is 4.60. The number of hydrogen-bond donors (Lipinski definition) is 2. The van der Waals surface area contributed by atoms with Crippen LogP contribution in [-0.4, -0.2) is 16.2 Å². The maximum Gasteiger partial charge on any atom is 0.0566 e. The van der Waals surface area contributed by atoms with Crippen molar-refractivity contribution in [2.24, 2.45) is 0 Å². The first kappa shape index (κ1) is 9.74. The lowest BCUT2D eigenvalue weighted by atomic mass is 10.2. The number of aliphatic hydroxyl groups excluding tert-OH is 1. The number of hydrogen-bond acceptors (Lipinski definition) is 1. The second-order valence-corrected chi connectivity index (χ2v) is 4.49. The normalized spacial score (nSPS) is 13.4. The molecule has 0 aliphatic rings. The zero-order valence-corrected chi connectivity index (χ0v) is 9.51. The van der Waals surface area contributed by atoms with Crippen LogP contribution in [0.2, 0.25) is 0 Å². The van der Waals surface area contributed by atoms with Crippen molar-refractivity contribution < 1.29 is 5.11 Å². The van der Waals surface area contributed by atoms with E-state index in [4.69, 9.17) is 0 Å². The zero-order chi connectivity index (χ0) is 10.1. The highest BCUT2D eigenvalue weighted by Gasteiger charge is 2.03. The summed E-state index contributed by atoms with van der Waals surface area (Å²) in [6.45, 7) is 1.79. The van der Waals surface area contributed by atoms with E-state index < -0.39 is 0 Å². The van der Waals surface area contributed by atoms with E-state index >= 15 is 0 Å². The molecule has 0 fully saturated rings. The molecule has 2 rings (SSSR count). The van der Waals surface area contributed by atoms with E-state index in [2.05, 4.69) is 33.0 Å². The highest BCUT2D eigenvalue weighted by Crippen LogP contribution is 2.20. The second-order valence-electron chi connectivity index (χ2n) is 3.58. The van der Waals surface area contributed by atoms with E-state index in [9.17, 15) is 5.11 Å². The number of benzene rings is 1. The number of fused-ring (bicyclic) bond motifs is 1. The smallest absolute Gasteiger partial charge is 0.0566 e. The molecule has 0 unspecified atom stereocenters. The Bertz CT molecular complexity index is 447. The molecule has 1 aromatic carbocycles. The third-order valence-corrected chi connectivity index (χ3v) is 2.65. The van der Waals surface area contributed by atoms with Crippen LogP contribution < -0.4 is 0 Å². The van der Waals surface area contributed by atoms with Gasteiger partial charge in [0.15, 0.2) is 0 Å². The van der Waals surface area contributed by atoms with E-state index in [0.29, 0.717) is 6.42 Å². The number of aliphatic hydroxyl groups is 1. The van der Waals surface area contributed by atoms with Crippen molar-refractivity contribution in [3.63, 3.8) is 0 Å². The average Bonchev–Trinajstić information content (AvgIpc) is 2.44. The van der Waals surface area contributed by atoms with Gasteiger partial charge in [-0.3, -0.25) is 0 Å². The van der Waals surface area contributed by atoms with Crippen molar-refractivity contribution in [2.75, 3.05) is 0 Å². The quantitative estimate of drug-likeness (QED) is 0.849. The predicted molar refractivity (Wildman–Crippen MR) is 61.4 cm³/mol. The molecule has 0 amide bonds. The Morgan fingerprint density at radius 3 is 2.93 bits per heavy atom. The number of aromatic amines is 1. The summed E-state index contributed by atoms with van der Waals surface area (Å²) in [5, 5.41) is 10.4. The van der Waals surface area contributed by atoms with E-state index in [1.807, 2.05) is 12.1 Å². The van der Waals surface area contributed by atoms with Crippen molar-refractivity contribution in [1.29, 1.82) is 0 Å². The zero-order valence-electron chi connectivity index (χ0n) is 7.92. The van der Waals surface area contributed by atoms with Crippen LogP contribution in [0, 0.1) is 0 Å². The Labute approximate surface area is 91.1 Å². The molecule has 0 saturated heterocycles. The molecule has 2 aromatic rings. The van der Waals surface area contributed by atoms with Gasteiger partial charge in [0.05, 0.1) is 6.10 Å². The van der Waals surface area contributed by atoms with Crippen LogP contribution in [0.1, 0.15) is 12.6 Å². The van der Waals surface area contributed by atoms with Crippen molar-refractivity contribution in [1.82, 2.24) is 4.98 Å². The standard InChI is InChI=1S/C11H12BrNO/c1-7(14)4-10-6-8-5-9(12)2-3-11(8)13-10/h2-3,5-7,13-14H,4H2,1H3/t7-/m0/s1. The number of aromatic nitrogens is 1. The molecule has 0 aliphatic carbocycles. The van der Waals surface area contributed by atoms with Crippen LogP contribution in [0.5, 0.6) is 0 Å². The third kappa shape index (κ3) is 1.99. The van der Waals surface area contributed by atoms with Gasteiger partial charge in [0, 0.05) is 27.5 Å². The largest absolute Gasteiger partial charge is 0.393 e. The molecule has 0 aliphatic heterocycles. The lowest BCUT2D eigenvalue weighted by Gasteiger charge is -1.99. The molecule has 1 atom stereocenters. The summed E-state index contributed by atoms with van der Waals surface area (Å²) >= 11 is 3.43. The third-order valence-electron chi connectivity index (χ3n) is 2.15. The topological polar surface area (TPSA) is 36.0 Å². The summed E-state index contributed by atoms with van der Waals surface area (Å²) in [7, 11) is 0.